The van der Waals surface area contributed by atoms with Crippen molar-refractivity contribution in [1.82, 2.24) is 14.9 Å². The minimum atomic E-state index is -1.01. The topological polar surface area (TPSA) is 113 Å². The highest BCUT2D eigenvalue weighted by molar-refractivity contribution is 5.96. The minimum Gasteiger partial charge on any atom is -0.480 e. The van der Waals surface area contributed by atoms with Crippen LogP contribution in [0.4, 0.5) is 5.82 Å². The van der Waals surface area contributed by atoms with Gasteiger partial charge >= 0.3 is 5.97 Å². The highest BCUT2D eigenvalue weighted by atomic mass is 16.4. The first-order valence-corrected chi connectivity index (χ1v) is 5.64. The Kier molecular flexibility index (Phi) is 5.19. The monoisotopic (exact) mass is 267 g/mol. The minimum absolute atomic E-state index is 0.0255. The van der Waals surface area contributed by atoms with Crippen LogP contribution in [0.1, 0.15) is 10.5 Å². The van der Waals surface area contributed by atoms with E-state index in [1.807, 2.05) is 19.0 Å². The first kappa shape index (κ1) is 14.8. The van der Waals surface area contributed by atoms with Gasteiger partial charge in [-0.25, -0.2) is 9.97 Å². The highest BCUT2D eigenvalue weighted by Crippen LogP contribution is 2.14. The lowest BCUT2D eigenvalue weighted by molar-refractivity contribution is -0.135. The molecule has 0 aliphatic carbocycles. The van der Waals surface area contributed by atoms with Crippen LogP contribution in [-0.4, -0.2) is 65.6 Å². The summed E-state index contributed by atoms with van der Waals surface area (Å²) >= 11 is 0. The van der Waals surface area contributed by atoms with Crippen LogP contribution in [0.15, 0.2) is 12.4 Å². The van der Waals surface area contributed by atoms with Crippen molar-refractivity contribution in [2.75, 3.05) is 38.6 Å². The molecule has 0 unspecified atom stereocenters. The number of primary amides is 1. The normalized spacial score (nSPS) is 10.5. The molecule has 1 amide bonds. The number of aliphatic carboxylic acids is 1. The molecule has 0 aliphatic heterocycles. The van der Waals surface area contributed by atoms with Gasteiger partial charge in [0, 0.05) is 25.5 Å². The Morgan fingerprint density at radius 2 is 1.89 bits per heavy atom. The SMILES string of the molecule is CN(C)CCN(CC(=O)O)c1nccnc1C(N)=O. The molecule has 8 nitrogen and oxygen atoms in total. The third-order valence-corrected chi connectivity index (χ3v) is 2.36. The van der Waals surface area contributed by atoms with Gasteiger partial charge < -0.3 is 20.6 Å². The number of carbonyl (C=O) groups excluding carboxylic acids is 1. The Morgan fingerprint density at radius 1 is 1.26 bits per heavy atom. The van der Waals surface area contributed by atoms with Gasteiger partial charge in [0.15, 0.2) is 11.5 Å². The van der Waals surface area contributed by atoms with Gasteiger partial charge in [-0.15, -0.1) is 0 Å². The summed E-state index contributed by atoms with van der Waals surface area (Å²) in [5.41, 5.74) is 5.19. The van der Waals surface area contributed by atoms with Crippen LogP contribution in [0, 0.1) is 0 Å². The summed E-state index contributed by atoms with van der Waals surface area (Å²) < 4.78 is 0. The van der Waals surface area contributed by atoms with Crippen LogP contribution in [0.2, 0.25) is 0 Å². The van der Waals surface area contributed by atoms with Crippen molar-refractivity contribution in [3.05, 3.63) is 18.1 Å². The molecule has 8 heteroatoms. The smallest absolute Gasteiger partial charge is 0.323 e. The van der Waals surface area contributed by atoms with Gasteiger partial charge in [-0.3, -0.25) is 9.59 Å². The first-order chi connectivity index (χ1) is 8.91. The van der Waals surface area contributed by atoms with Gasteiger partial charge in [-0.2, -0.15) is 0 Å². The third kappa shape index (κ3) is 4.51. The number of carboxylic acids is 1. The van der Waals surface area contributed by atoms with Gasteiger partial charge in [0.1, 0.15) is 6.54 Å². The summed E-state index contributed by atoms with van der Waals surface area (Å²) in [6, 6.07) is 0. The largest absolute Gasteiger partial charge is 0.480 e. The van der Waals surface area contributed by atoms with E-state index >= 15 is 0 Å². The molecule has 1 rings (SSSR count). The van der Waals surface area contributed by atoms with Crippen molar-refractivity contribution >= 4 is 17.7 Å². The predicted octanol–water partition coefficient (Wildman–Crippen LogP) is -0.972. The molecule has 1 aromatic rings. The summed E-state index contributed by atoms with van der Waals surface area (Å²) in [6.45, 7) is 0.743. The highest BCUT2D eigenvalue weighted by Gasteiger charge is 2.19. The summed E-state index contributed by atoms with van der Waals surface area (Å²) in [5, 5.41) is 8.92. The molecule has 1 heterocycles. The molecule has 0 bridgehead atoms. The van der Waals surface area contributed by atoms with E-state index in [4.69, 9.17) is 10.8 Å². The van der Waals surface area contributed by atoms with Gasteiger partial charge in [0.25, 0.3) is 5.91 Å². The number of amides is 1. The van der Waals surface area contributed by atoms with Crippen molar-refractivity contribution in [3.8, 4) is 0 Å². The third-order valence-electron chi connectivity index (χ3n) is 2.36. The predicted molar refractivity (Wildman–Crippen MR) is 69.0 cm³/mol. The zero-order valence-electron chi connectivity index (χ0n) is 10.9. The van der Waals surface area contributed by atoms with Crippen molar-refractivity contribution in [2.45, 2.75) is 0 Å². The zero-order chi connectivity index (χ0) is 14.4. The Labute approximate surface area is 110 Å². The maximum absolute atomic E-state index is 11.3. The van der Waals surface area contributed by atoms with Crippen LogP contribution in [0.25, 0.3) is 0 Å². The number of carboxylic acid groups (broad SMARTS) is 1. The Hall–Kier alpha value is -2.22. The molecule has 0 fully saturated rings. The number of carbonyl (C=O) groups is 2. The maximum atomic E-state index is 11.3. The number of anilines is 1. The van der Waals surface area contributed by atoms with E-state index in [9.17, 15) is 9.59 Å². The lowest BCUT2D eigenvalue weighted by Gasteiger charge is -2.24. The quantitative estimate of drug-likeness (QED) is 0.653. The molecule has 1 aromatic heterocycles. The van der Waals surface area contributed by atoms with E-state index in [-0.39, 0.29) is 18.1 Å². The van der Waals surface area contributed by atoms with Gasteiger partial charge in [-0.05, 0) is 14.1 Å². The summed E-state index contributed by atoms with van der Waals surface area (Å²) in [4.78, 5) is 33.4. The van der Waals surface area contributed by atoms with Gasteiger partial charge in [0.05, 0.1) is 0 Å². The second kappa shape index (κ2) is 6.64. The van der Waals surface area contributed by atoms with E-state index in [0.717, 1.165) is 0 Å². The van der Waals surface area contributed by atoms with Crippen LogP contribution in [-0.2, 0) is 4.79 Å². The Balaban J connectivity index is 3.02. The van der Waals surface area contributed by atoms with Crippen LogP contribution in [0.5, 0.6) is 0 Å². The standard InChI is InChI=1S/C11H17N5O3/c1-15(2)5-6-16(7-8(17)18)11-9(10(12)19)13-3-4-14-11/h3-4H,5-7H2,1-2H3,(H2,12,19)(H,17,18). The second-order valence-corrected chi connectivity index (χ2v) is 4.21. The summed E-state index contributed by atoms with van der Waals surface area (Å²) in [6.07, 6.45) is 2.74. The molecule has 0 saturated heterocycles. The van der Waals surface area contributed by atoms with E-state index in [1.165, 1.54) is 17.3 Å². The lowest BCUT2D eigenvalue weighted by atomic mass is 10.3. The molecular weight excluding hydrogens is 250 g/mol. The average molecular weight is 267 g/mol. The van der Waals surface area contributed by atoms with Gasteiger partial charge in [-0.1, -0.05) is 0 Å². The Bertz CT molecular complexity index is 463. The van der Waals surface area contributed by atoms with E-state index in [1.54, 1.807) is 0 Å². The van der Waals surface area contributed by atoms with Crippen LogP contribution < -0.4 is 10.6 Å². The van der Waals surface area contributed by atoms with Crippen molar-refractivity contribution in [3.63, 3.8) is 0 Å². The fraction of sp³-hybridized carbons (Fsp3) is 0.455. The zero-order valence-corrected chi connectivity index (χ0v) is 10.9. The molecule has 0 spiro atoms. The van der Waals surface area contributed by atoms with Crippen molar-refractivity contribution in [1.29, 1.82) is 0 Å². The molecule has 0 saturated carbocycles. The number of nitrogens with two attached hydrogens (primary N) is 1. The summed E-state index contributed by atoms with van der Waals surface area (Å²) in [7, 11) is 3.73. The van der Waals surface area contributed by atoms with Crippen molar-refractivity contribution in [2.24, 2.45) is 5.73 Å². The molecule has 0 radical (unpaired) electrons. The van der Waals surface area contributed by atoms with E-state index in [0.29, 0.717) is 13.1 Å². The summed E-state index contributed by atoms with van der Waals surface area (Å²) in [5.74, 6) is -1.55. The number of hydrogen-bond donors (Lipinski definition) is 2. The molecular formula is C11H17N5O3. The molecule has 104 valence electrons. The maximum Gasteiger partial charge on any atom is 0.323 e. The fourth-order valence-corrected chi connectivity index (χ4v) is 1.48. The number of nitrogens with zero attached hydrogens (tertiary/aromatic N) is 4. The number of rotatable bonds is 7. The molecule has 19 heavy (non-hydrogen) atoms. The molecule has 0 aromatic carbocycles. The van der Waals surface area contributed by atoms with Crippen LogP contribution in [0.3, 0.4) is 0 Å². The van der Waals surface area contributed by atoms with Crippen molar-refractivity contribution < 1.29 is 14.7 Å². The fourth-order valence-electron chi connectivity index (χ4n) is 1.48. The van der Waals surface area contributed by atoms with E-state index < -0.39 is 11.9 Å². The molecule has 3 N–H and O–H groups in total. The Morgan fingerprint density at radius 3 is 2.42 bits per heavy atom. The lowest BCUT2D eigenvalue weighted by Crippen LogP contribution is -2.37. The number of hydrogen-bond acceptors (Lipinski definition) is 6. The second-order valence-electron chi connectivity index (χ2n) is 4.21. The molecule has 0 aliphatic rings. The number of likely N-dealkylation sites (N-methyl/N-ethyl adjacent to an activating group) is 1. The first-order valence-electron chi connectivity index (χ1n) is 5.64. The van der Waals surface area contributed by atoms with Gasteiger partial charge in [0.2, 0.25) is 0 Å². The van der Waals surface area contributed by atoms with E-state index in [2.05, 4.69) is 9.97 Å². The average Bonchev–Trinajstić information content (AvgIpc) is 2.33. The van der Waals surface area contributed by atoms with Crippen LogP contribution >= 0.6 is 0 Å². The number of aromatic nitrogens is 2. The molecule has 0 atom stereocenters.